The van der Waals surface area contributed by atoms with E-state index >= 15 is 0 Å². The summed E-state index contributed by atoms with van der Waals surface area (Å²) >= 11 is 0. The molecule has 0 aliphatic heterocycles. The largest absolute Gasteiger partial charge is 0.481 e. The second-order valence-corrected chi connectivity index (χ2v) is 8.37. The SMILES string of the molecule is CCN(CCC(=O)O)C(=O)[C@@H]1C[C@@H]1CNC(=O)OCC1c2ccccc2-c2ccccc21. The lowest BCUT2D eigenvalue weighted by Crippen LogP contribution is -2.35. The first-order chi connectivity index (χ1) is 15.5. The van der Waals surface area contributed by atoms with Gasteiger partial charge in [-0.05, 0) is 41.5 Å². The van der Waals surface area contributed by atoms with Gasteiger partial charge in [0.15, 0.2) is 0 Å². The summed E-state index contributed by atoms with van der Waals surface area (Å²) in [5.41, 5.74) is 4.69. The highest BCUT2D eigenvalue weighted by Gasteiger charge is 2.44. The Balaban J connectivity index is 1.25. The summed E-state index contributed by atoms with van der Waals surface area (Å²) in [4.78, 5) is 37.2. The van der Waals surface area contributed by atoms with Crippen LogP contribution >= 0.6 is 0 Å². The molecule has 2 aliphatic rings. The van der Waals surface area contributed by atoms with E-state index in [1.54, 1.807) is 4.90 Å². The summed E-state index contributed by atoms with van der Waals surface area (Å²) in [6, 6.07) is 16.4. The zero-order chi connectivity index (χ0) is 22.7. The monoisotopic (exact) mass is 436 g/mol. The van der Waals surface area contributed by atoms with Crippen LogP contribution in [-0.2, 0) is 14.3 Å². The fourth-order valence-electron chi connectivity index (χ4n) is 4.53. The van der Waals surface area contributed by atoms with Crippen LogP contribution in [0.5, 0.6) is 0 Å². The molecular weight excluding hydrogens is 408 g/mol. The number of nitrogens with one attached hydrogen (secondary N) is 1. The predicted octanol–water partition coefficient (Wildman–Crippen LogP) is 3.48. The lowest BCUT2D eigenvalue weighted by Gasteiger charge is -2.20. The fraction of sp³-hybridized carbons (Fsp3) is 0.400. The van der Waals surface area contributed by atoms with Gasteiger partial charge in [0.25, 0.3) is 0 Å². The maximum absolute atomic E-state index is 12.5. The molecule has 0 unspecified atom stereocenters. The topological polar surface area (TPSA) is 95.9 Å². The van der Waals surface area contributed by atoms with Crippen molar-refractivity contribution in [2.75, 3.05) is 26.2 Å². The Morgan fingerprint density at radius 1 is 1.06 bits per heavy atom. The number of fused-ring (bicyclic) bond motifs is 3. The van der Waals surface area contributed by atoms with Crippen molar-refractivity contribution >= 4 is 18.0 Å². The predicted molar refractivity (Wildman–Crippen MR) is 119 cm³/mol. The van der Waals surface area contributed by atoms with E-state index in [-0.39, 0.29) is 43.2 Å². The number of carbonyl (C=O) groups excluding carboxylic acids is 2. The van der Waals surface area contributed by atoms with Gasteiger partial charge in [0.05, 0.1) is 6.42 Å². The molecule has 2 aromatic rings. The Morgan fingerprint density at radius 3 is 2.28 bits per heavy atom. The lowest BCUT2D eigenvalue weighted by atomic mass is 9.98. The van der Waals surface area contributed by atoms with Crippen LogP contribution in [0.15, 0.2) is 48.5 Å². The van der Waals surface area contributed by atoms with Gasteiger partial charge in [-0.15, -0.1) is 0 Å². The van der Waals surface area contributed by atoms with Crippen LogP contribution in [0.4, 0.5) is 4.79 Å². The molecule has 0 saturated heterocycles. The normalized spacial score (nSPS) is 18.4. The van der Waals surface area contributed by atoms with Gasteiger partial charge in [-0.2, -0.15) is 0 Å². The number of carboxylic acid groups (broad SMARTS) is 1. The molecule has 0 aromatic heterocycles. The van der Waals surface area contributed by atoms with Gasteiger partial charge in [-0.3, -0.25) is 9.59 Å². The molecule has 32 heavy (non-hydrogen) atoms. The van der Waals surface area contributed by atoms with E-state index in [1.165, 1.54) is 11.1 Å². The lowest BCUT2D eigenvalue weighted by molar-refractivity contribution is -0.138. The molecule has 7 nitrogen and oxygen atoms in total. The Kier molecular flexibility index (Phi) is 6.44. The number of benzene rings is 2. The standard InChI is InChI=1S/C25H28N2O5/c1-2-27(12-11-23(28)29)24(30)21-13-16(21)14-26-25(31)32-15-22-19-9-5-3-7-17(19)18-8-4-6-10-20(18)22/h3-10,16,21-22H,2,11-15H2,1H3,(H,26,31)(H,28,29)/t16-,21-/m1/s1. The van der Waals surface area contributed by atoms with E-state index in [0.717, 1.165) is 11.1 Å². The van der Waals surface area contributed by atoms with E-state index in [9.17, 15) is 14.4 Å². The molecule has 0 spiro atoms. The number of aliphatic carboxylic acids is 1. The molecular formula is C25H28N2O5. The quantitative estimate of drug-likeness (QED) is 0.627. The Morgan fingerprint density at radius 2 is 1.69 bits per heavy atom. The minimum Gasteiger partial charge on any atom is -0.481 e. The zero-order valence-corrected chi connectivity index (χ0v) is 18.1. The fourth-order valence-corrected chi connectivity index (χ4v) is 4.53. The average molecular weight is 437 g/mol. The molecule has 2 amide bonds. The second-order valence-electron chi connectivity index (χ2n) is 8.37. The molecule has 1 fully saturated rings. The first-order valence-electron chi connectivity index (χ1n) is 11.1. The first-order valence-corrected chi connectivity index (χ1v) is 11.1. The van der Waals surface area contributed by atoms with Gasteiger partial charge in [0.1, 0.15) is 6.61 Å². The molecule has 2 aliphatic carbocycles. The molecule has 0 heterocycles. The third kappa shape index (κ3) is 4.61. The van der Waals surface area contributed by atoms with Crippen molar-refractivity contribution in [2.24, 2.45) is 11.8 Å². The summed E-state index contributed by atoms with van der Waals surface area (Å²) in [5.74, 6) is -1.02. The third-order valence-electron chi connectivity index (χ3n) is 6.38. The zero-order valence-electron chi connectivity index (χ0n) is 18.1. The van der Waals surface area contributed by atoms with Crippen LogP contribution in [0.25, 0.3) is 11.1 Å². The van der Waals surface area contributed by atoms with Crippen LogP contribution in [0.3, 0.4) is 0 Å². The molecule has 0 bridgehead atoms. The minimum atomic E-state index is -0.916. The van der Waals surface area contributed by atoms with Gasteiger partial charge in [-0.25, -0.2) is 4.79 Å². The molecule has 0 radical (unpaired) electrons. The molecule has 4 rings (SSSR count). The van der Waals surface area contributed by atoms with Gasteiger partial charge in [0.2, 0.25) is 5.91 Å². The van der Waals surface area contributed by atoms with Crippen molar-refractivity contribution in [3.63, 3.8) is 0 Å². The van der Waals surface area contributed by atoms with Crippen LogP contribution in [-0.4, -0.2) is 54.2 Å². The number of nitrogens with zero attached hydrogens (tertiary/aromatic N) is 1. The molecule has 168 valence electrons. The van der Waals surface area contributed by atoms with Crippen LogP contribution < -0.4 is 5.32 Å². The highest BCUT2D eigenvalue weighted by Crippen LogP contribution is 2.44. The molecule has 2 aromatic carbocycles. The number of amides is 2. The van der Waals surface area contributed by atoms with Crippen molar-refractivity contribution in [3.05, 3.63) is 59.7 Å². The Labute approximate surface area is 187 Å². The van der Waals surface area contributed by atoms with Crippen LogP contribution in [0.2, 0.25) is 0 Å². The van der Waals surface area contributed by atoms with E-state index in [4.69, 9.17) is 9.84 Å². The summed E-state index contributed by atoms with van der Waals surface area (Å²) in [6.07, 6.45) is 0.157. The molecule has 2 atom stereocenters. The first kappa shape index (κ1) is 21.9. The Hall–Kier alpha value is -3.35. The highest BCUT2D eigenvalue weighted by atomic mass is 16.5. The second kappa shape index (κ2) is 9.42. The third-order valence-corrected chi connectivity index (χ3v) is 6.38. The van der Waals surface area contributed by atoms with Gasteiger partial charge in [0, 0.05) is 31.5 Å². The van der Waals surface area contributed by atoms with Crippen molar-refractivity contribution < 1.29 is 24.2 Å². The molecule has 2 N–H and O–H groups in total. The smallest absolute Gasteiger partial charge is 0.407 e. The van der Waals surface area contributed by atoms with Gasteiger partial charge >= 0.3 is 12.1 Å². The summed E-state index contributed by atoms with van der Waals surface area (Å²) < 4.78 is 5.54. The number of rotatable bonds is 9. The Bertz CT molecular complexity index is 975. The van der Waals surface area contributed by atoms with E-state index in [2.05, 4.69) is 29.6 Å². The average Bonchev–Trinajstić information content (AvgIpc) is 3.51. The molecule has 7 heteroatoms. The van der Waals surface area contributed by atoms with Gasteiger partial charge in [-0.1, -0.05) is 48.5 Å². The van der Waals surface area contributed by atoms with Crippen LogP contribution in [0.1, 0.15) is 36.8 Å². The number of hydrogen-bond donors (Lipinski definition) is 2. The summed E-state index contributed by atoms with van der Waals surface area (Å²) in [6.45, 7) is 3.17. The summed E-state index contributed by atoms with van der Waals surface area (Å²) in [5, 5.41) is 11.6. The minimum absolute atomic E-state index is 0.00995. The number of hydrogen-bond acceptors (Lipinski definition) is 4. The number of alkyl carbamates (subject to hydrolysis) is 1. The van der Waals surface area contributed by atoms with E-state index in [0.29, 0.717) is 19.5 Å². The van der Waals surface area contributed by atoms with E-state index in [1.807, 2.05) is 31.2 Å². The van der Waals surface area contributed by atoms with Crippen LogP contribution in [0, 0.1) is 11.8 Å². The number of carboxylic acids is 1. The van der Waals surface area contributed by atoms with Crippen molar-refractivity contribution in [1.29, 1.82) is 0 Å². The number of carbonyl (C=O) groups is 3. The van der Waals surface area contributed by atoms with E-state index < -0.39 is 12.1 Å². The maximum atomic E-state index is 12.5. The van der Waals surface area contributed by atoms with Crippen molar-refractivity contribution in [3.8, 4) is 11.1 Å². The summed E-state index contributed by atoms with van der Waals surface area (Å²) in [7, 11) is 0. The molecule has 1 saturated carbocycles. The van der Waals surface area contributed by atoms with Gasteiger partial charge < -0.3 is 20.1 Å². The number of ether oxygens (including phenoxy) is 1. The maximum Gasteiger partial charge on any atom is 0.407 e. The van der Waals surface area contributed by atoms with Crippen molar-refractivity contribution in [1.82, 2.24) is 10.2 Å². The van der Waals surface area contributed by atoms with Crippen molar-refractivity contribution in [2.45, 2.75) is 25.7 Å². The highest BCUT2D eigenvalue weighted by molar-refractivity contribution is 5.82.